The van der Waals surface area contributed by atoms with Crippen molar-refractivity contribution in [2.75, 3.05) is 25.4 Å². The van der Waals surface area contributed by atoms with Gasteiger partial charge in [0.1, 0.15) is 17.7 Å². The molecule has 0 spiro atoms. The van der Waals surface area contributed by atoms with Crippen molar-refractivity contribution in [1.82, 2.24) is 35.1 Å². The maximum atomic E-state index is 12.2. The Balaban J connectivity index is 0.00000189. The Morgan fingerprint density at radius 2 is 1.95 bits per heavy atom. The van der Waals surface area contributed by atoms with Crippen molar-refractivity contribution in [2.45, 2.75) is 77.2 Å². The van der Waals surface area contributed by atoms with E-state index in [9.17, 15) is 24.6 Å². The number of hydrogen-bond donors (Lipinski definition) is 5. The number of anilines is 1. The molecule has 5 rings (SSSR count). The number of nitrogens with two attached hydrogens (primary N) is 1. The number of nitrogen functional groups attached to an aromatic ring is 1. The van der Waals surface area contributed by atoms with Gasteiger partial charge in [-0.2, -0.15) is 0 Å². The zero-order valence-electron chi connectivity index (χ0n) is 23.2. The minimum atomic E-state index is -1.44. The third-order valence-electron chi connectivity index (χ3n) is 6.97. The summed E-state index contributed by atoms with van der Waals surface area (Å²) in [6, 6.07) is 0. The van der Waals surface area contributed by atoms with Gasteiger partial charge in [0.2, 0.25) is 11.7 Å². The van der Waals surface area contributed by atoms with Crippen LogP contribution in [0.3, 0.4) is 0 Å². The van der Waals surface area contributed by atoms with Crippen molar-refractivity contribution < 1.29 is 34.1 Å². The molecule has 41 heavy (non-hydrogen) atoms. The van der Waals surface area contributed by atoms with E-state index in [-0.39, 0.29) is 41.1 Å². The summed E-state index contributed by atoms with van der Waals surface area (Å²) < 4.78 is 12.3. The average molecular weight is 573 g/mol. The lowest BCUT2D eigenvalue weighted by Crippen LogP contribution is -2.53. The SMILES string of the molecule is CC.CCNC(=O)[C@H]1O[C@@H](n2cnc3c(N)nc(C#CCC4CCN(C(=O)OC5CC(=O)N5)CC4)nc32)C(O)[C@H]1O. The molecule has 222 valence electrons. The second-order valence-electron chi connectivity index (χ2n) is 9.66. The lowest BCUT2D eigenvalue weighted by atomic mass is 9.94. The van der Waals surface area contributed by atoms with Crippen molar-refractivity contribution in [2.24, 2.45) is 5.92 Å². The van der Waals surface area contributed by atoms with Crippen molar-refractivity contribution >= 4 is 34.9 Å². The first-order chi connectivity index (χ1) is 19.7. The number of β-lactam (4-membered cyclic amide) rings is 1. The average Bonchev–Trinajstić information content (AvgIpc) is 3.50. The minimum Gasteiger partial charge on any atom is -0.425 e. The number of nitrogens with zero attached hydrogens (tertiary/aromatic N) is 5. The zero-order chi connectivity index (χ0) is 29.7. The molecule has 15 nitrogen and oxygen atoms in total. The third-order valence-corrected chi connectivity index (χ3v) is 6.97. The van der Waals surface area contributed by atoms with E-state index in [0.717, 1.165) is 12.8 Å². The number of imidazole rings is 1. The second kappa shape index (κ2) is 13.1. The normalized spacial score (nSPS) is 25.7. The monoisotopic (exact) mass is 572 g/mol. The van der Waals surface area contributed by atoms with Gasteiger partial charge >= 0.3 is 6.09 Å². The highest BCUT2D eigenvalue weighted by Crippen LogP contribution is 2.32. The van der Waals surface area contributed by atoms with Crippen LogP contribution in [0.1, 0.15) is 58.5 Å². The summed E-state index contributed by atoms with van der Waals surface area (Å²) in [5.41, 5.74) is 6.59. The Labute approximate surface area is 236 Å². The summed E-state index contributed by atoms with van der Waals surface area (Å²) in [4.78, 5) is 49.8. The number of aromatic nitrogens is 4. The van der Waals surface area contributed by atoms with Crippen LogP contribution >= 0.6 is 0 Å². The highest BCUT2D eigenvalue weighted by molar-refractivity contribution is 5.84. The first-order valence-corrected chi connectivity index (χ1v) is 13.8. The van der Waals surface area contributed by atoms with E-state index in [4.69, 9.17) is 15.2 Å². The molecular weight excluding hydrogens is 536 g/mol. The van der Waals surface area contributed by atoms with Crippen LogP contribution < -0.4 is 16.4 Å². The van der Waals surface area contributed by atoms with Crippen LogP contribution in [0.5, 0.6) is 0 Å². The lowest BCUT2D eigenvalue weighted by molar-refractivity contribution is -0.138. The lowest BCUT2D eigenvalue weighted by Gasteiger charge is -2.33. The molecule has 2 aromatic heterocycles. The minimum absolute atomic E-state index is 0.0887. The molecule has 0 aliphatic carbocycles. The molecule has 0 aromatic carbocycles. The standard InChI is InChI=1S/C24H30N8O7.C2H6/c1-2-26-22(36)19-17(34)18(35)23(39-19)32-11-27-16-20(25)28-13(29-21(16)32)5-3-4-12-6-8-31(9-7-12)24(37)38-15-10-14(33)30-15;1-2/h11-12,15,17-19,23,34-35H,2,4,6-10H2,1H3,(H,26,36)(H,30,33)(H2,25,28,29);1-2H3/t15?,17-,18?,19+,23-;/m1./s1. The maximum absolute atomic E-state index is 12.2. The Morgan fingerprint density at radius 1 is 1.24 bits per heavy atom. The van der Waals surface area contributed by atoms with Crippen LogP contribution in [-0.4, -0.2) is 96.7 Å². The zero-order valence-corrected chi connectivity index (χ0v) is 23.2. The summed E-state index contributed by atoms with van der Waals surface area (Å²) in [6.45, 7) is 7.15. The number of nitrogens with one attached hydrogen (secondary N) is 2. The van der Waals surface area contributed by atoms with E-state index < -0.39 is 42.8 Å². The number of aliphatic hydroxyl groups is 2. The largest absolute Gasteiger partial charge is 0.425 e. The molecule has 15 heteroatoms. The van der Waals surface area contributed by atoms with Crippen LogP contribution in [-0.2, 0) is 19.1 Å². The van der Waals surface area contributed by atoms with E-state index in [1.165, 1.54) is 10.9 Å². The van der Waals surface area contributed by atoms with Crippen LogP contribution in [0.25, 0.3) is 11.2 Å². The number of piperidine rings is 1. The number of carbonyl (C=O) groups excluding carboxylic acids is 3. The number of amides is 3. The van der Waals surface area contributed by atoms with Crippen molar-refractivity contribution in [3.8, 4) is 11.8 Å². The van der Waals surface area contributed by atoms with E-state index >= 15 is 0 Å². The molecule has 3 fully saturated rings. The smallest absolute Gasteiger partial charge is 0.411 e. The molecular formula is C26H36N8O7. The molecule has 3 amide bonds. The number of aliphatic hydroxyl groups excluding tert-OH is 2. The molecule has 3 saturated heterocycles. The summed E-state index contributed by atoms with van der Waals surface area (Å²) in [5, 5.41) is 26.0. The van der Waals surface area contributed by atoms with Gasteiger partial charge < -0.3 is 41.0 Å². The van der Waals surface area contributed by atoms with Crippen LogP contribution in [0.4, 0.5) is 10.6 Å². The van der Waals surface area contributed by atoms with Gasteiger partial charge in [0.05, 0.1) is 12.7 Å². The van der Waals surface area contributed by atoms with Gasteiger partial charge in [0.15, 0.2) is 30.0 Å². The summed E-state index contributed by atoms with van der Waals surface area (Å²) in [6.07, 6.45) is -2.57. The molecule has 3 aliphatic heterocycles. The molecule has 6 N–H and O–H groups in total. The van der Waals surface area contributed by atoms with Gasteiger partial charge in [0, 0.05) is 26.1 Å². The molecule has 0 radical (unpaired) electrons. The van der Waals surface area contributed by atoms with Gasteiger partial charge in [0.25, 0.3) is 5.91 Å². The fourth-order valence-electron chi connectivity index (χ4n) is 4.75. The van der Waals surface area contributed by atoms with E-state index in [2.05, 4.69) is 37.4 Å². The number of fused-ring (bicyclic) bond motifs is 1. The van der Waals surface area contributed by atoms with Gasteiger partial charge in [-0.25, -0.2) is 19.7 Å². The number of carbonyl (C=O) groups is 3. The Morgan fingerprint density at radius 3 is 2.61 bits per heavy atom. The number of ether oxygens (including phenoxy) is 2. The summed E-state index contributed by atoms with van der Waals surface area (Å²) in [7, 11) is 0. The Kier molecular flexibility index (Phi) is 9.58. The van der Waals surface area contributed by atoms with E-state index in [1.54, 1.807) is 11.8 Å². The Hall–Kier alpha value is -4.00. The Bertz CT molecular complexity index is 1320. The predicted octanol–water partition coefficient (Wildman–Crippen LogP) is -0.374. The third kappa shape index (κ3) is 6.50. The molecule has 3 aliphatic rings. The topological polar surface area (TPSA) is 207 Å². The van der Waals surface area contributed by atoms with E-state index in [0.29, 0.717) is 26.1 Å². The second-order valence-corrected chi connectivity index (χ2v) is 9.66. The highest BCUT2D eigenvalue weighted by atomic mass is 16.6. The van der Waals surface area contributed by atoms with Crippen LogP contribution in [0, 0.1) is 17.8 Å². The van der Waals surface area contributed by atoms with Gasteiger partial charge in [-0.05, 0) is 31.6 Å². The van der Waals surface area contributed by atoms with Crippen LogP contribution in [0.15, 0.2) is 6.33 Å². The number of rotatable bonds is 5. The first-order valence-electron chi connectivity index (χ1n) is 13.8. The van der Waals surface area contributed by atoms with Crippen molar-refractivity contribution in [3.63, 3.8) is 0 Å². The molecule has 5 heterocycles. The summed E-state index contributed by atoms with van der Waals surface area (Å²) in [5.74, 6) is 5.84. The predicted molar refractivity (Wildman–Crippen MR) is 145 cm³/mol. The molecule has 2 unspecified atom stereocenters. The summed E-state index contributed by atoms with van der Waals surface area (Å²) >= 11 is 0. The number of likely N-dealkylation sites (N-methyl/N-ethyl adjacent to an activating group) is 1. The van der Waals surface area contributed by atoms with Crippen molar-refractivity contribution in [1.29, 1.82) is 0 Å². The quantitative estimate of drug-likeness (QED) is 0.231. The molecule has 0 saturated carbocycles. The van der Waals surface area contributed by atoms with Crippen LogP contribution in [0.2, 0.25) is 0 Å². The molecule has 0 bridgehead atoms. The van der Waals surface area contributed by atoms with Crippen molar-refractivity contribution in [3.05, 3.63) is 12.2 Å². The van der Waals surface area contributed by atoms with E-state index in [1.807, 2.05) is 13.8 Å². The number of likely N-dealkylation sites (tertiary alicyclic amines) is 1. The van der Waals surface area contributed by atoms with Gasteiger partial charge in [-0.3, -0.25) is 14.2 Å². The van der Waals surface area contributed by atoms with Gasteiger partial charge in [-0.15, -0.1) is 0 Å². The first kappa shape index (κ1) is 30.0. The fraction of sp³-hybridized carbons (Fsp3) is 0.615. The fourth-order valence-corrected chi connectivity index (χ4v) is 4.75. The number of hydrogen-bond acceptors (Lipinski definition) is 11. The molecule has 2 aromatic rings. The highest BCUT2D eigenvalue weighted by Gasteiger charge is 2.47. The molecule has 5 atom stereocenters. The maximum Gasteiger partial charge on any atom is 0.411 e. The van der Waals surface area contributed by atoms with Gasteiger partial charge in [-0.1, -0.05) is 19.8 Å².